The second kappa shape index (κ2) is 9.59. The Kier molecular flexibility index (Phi) is 6.38. The van der Waals surface area contributed by atoms with Crippen LogP contribution in [-0.4, -0.2) is 40.9 Å². The minimum atomic E-state index is -0.200. The summed E-state index contributed by atoms with van der Waals surface area (Å²) < 4.78 is 12.6. The van der Waals surface area contributed by atoms with Gasteiger partial charge in [-0.1, -0.05) is 31.2 Å². The molecule has 2 N–H and O–H groups in total. The van der Waals surface area contributed by atoms with Gasteiger partial charge in [0, 0.05) is 17.5 Å². The van der Waals surface area contributed by atoms with Crippen molar-refractivity contribution in [2.24, 2.45) is 0 Å². The van der Waals surface area contributed by atoms with E-state index in [0.29, 0.717) is 12.6 Å². The second-order valence-corrected chi connectivity index (χ2v) is 9.64. The number of hydrogen-bond donors (Lipinski definition) is 2. The molecule has 2 aliphatic heterocycles. The number of likely N-dealkylation sites (tertiary alicyclic amines) is 1. The van der Waals surface area contributed by atoms with Crippen LogP contribution in [0.2, 0.25) is 0 Å². The summed E-state index contributed by atoms with van der Waals surface area (Å²) in [5.41, 5.74) is 3.15. The van der Waals surface area contributed by atoms with E-state index in [2.05, 4.69) is 30.9 Å². The molecule has 2 heterocycles. The van der Waals surface area contributed by atoms with Gasteiger partial charge in [0.15, 0.2) is 0 Å². The number of fused-ring (bicyclic) bond motifs is 1. The monoisotopic (exact) mass is 459 g/mol. The summed E-state index contributed by atoms with van der Waals surface area (Å²) in [5.74, 6) is 2.28. The fraction of sp³-hybridized carbons (Fsp3) is 0.379. The molecule has 4 atom stereocenters. The zero-order valence-electron chi connectivity index (χ0n) is 19.9. The van der Waals surface area contributed by atoms with Crippen LogP contribution < -0.4 is 9.47 Å². The third-order valence-corrected chi connectivity index (χ3v) is 7.34. The fourth-order valence-corrected chi connectivity index (χ4v) is 5.36. The molecular formula is C29H33NO4. The van der Waals surface area contributed by atoms with Crippen molar-refractivity contribution in [2.75, 3.05) is 19.7 Å². The Morgan fingerprint density at radius 3 is 2.26 bits per heavy atom. The number of benzene rings is 3. The SMILES string of the molecule is C[C@@H]1c2cc(O)ccc2O[C@@H](c2ccc(OC[C@H](C)N3CCCC3)cc2)[C@H]1c1ccc(O)cc1. The third-order valence-electron chi connectivity index (χ3n) is 7.34. The van der Waals surface area contributed by atoms with Gasteiger partial charge in [-0.2, -0.15) is 0 Å². The van der Waals surface area contributed by atoms with Gasteiger partial charge in [-0.25, -0.2) is 0 Å². The summed E-state index contributed by atoms with van der Waals surface area (Å²) in [6.45, 7) is 7.41. The smallest absolute Gasteiger partial charge is 0.131 e. The van der Waals surface area contributed by atoms with Crippen molar-refractivity contribution >= 4 is 0 Å². The molecule has 1 fully saturated rings. The molecule has 5 rings (SSSR count). The fourth-order valence-electron chi connectivity index (χ4n) is 5.36. The van der Waals surface area contributed by atoms with Crippen LogP contribution in [0.1, 0.15) is 61.3 Å². The Morgan fingerprint density at radius 2 is 1.56 bits per heavy atom. The van der Waals surface area contributed by atoms with E-state index >= 15 is 0 Å². The first-order chi connectivity index (χ1) is 16.5. The van der Waals surface area contributed by atoms with Gasteiger partial charge in [0.1, 0.15) is 35.7 Å². The van der Waals surface area contributed by atoms with Crippen molar-refractivity contribution in [1.29, 1.82) is 0 Å². The highest BCUT2D eigenvalue weighted by molar-refractivity contribution is 5.48. The molecule has 0 saturated carbocycles. The van der Waals surface area contributed by atoms with Crippen molar-refractivity contribution < 1.29 is 19.7 Å². The molecule has 0 unspecified atom stereocenters. The number of phenolic OH excluding ortho intramolecular Hbond substituents is 2. The minimum absolute atomic E-state index is 0.0249. The molecule has 3 aromatic carbocycles. The Morgan fingerprint density at radius 1 is 0.912 bits per heavy atom. The lowest BCUT2D eigenvalue weighted by atomic mass is 9.75. The summed E-state index contributed by atoms with van der Waals surface area (Å²) in [6.07, 6.45) is 2.36. The predicted molar refractivity (Wildman–Crippen MR) is 133 cm³/mol. The third kappa shape index (κ3) is 4.58. The van der Waals surface area contributed by atoms with Crippen LogP contribution in [0, 0.1) is 0 Å². The van der Waals surface area contributed by atoms with Gasteiger partial charge in [0.05, 0.1) is 0 Å². The summed E-state index contributed by atoms with van der Waals surface area (Å²) in [4.78, 5) is 2.49. The molecule has 3 aromatic rings. The largest absolute Gasteiger partial charge is 0.508 e. The Labute approximate surface area is 201 Å². The van der Waals surface area contributed by atoms with Crippen LogP contribution >= 0.6 is 0 Å². The molecule has 5 heteroatoms. The van der Waals surface area contributed by atoms with Gasteiger partial charge in [0.25, 0.3) is 0 Å². The molecular weight excluding hydrogens is 426 g/mol. The maximum atomic E-state index is 10.1. The summed E-state index contributed by atoms with van der Waals surface area (Å²) in [6, 6.07) is 21.3. The molecule has 0 aromatic heterocycles. The zero-order chi connectivity index (χ0) is 23.7. The van der Waals surface area contributed by atoms with Crippen LogP contribution in [0.5, 0.6) is 23.0 Å². The van der Waals surface area contributed by atoms with Crippen molar-refractivity contribution in [3.05, 3.63) is 83.4 Å². The van der Waals surface area contributed by atoms with Crippen LogP contribution in [0.15, 0.2) is 66.7 Å². The minimum Gasteiger partial charge on any atom is -0.508 e. The van der Waals surface area contributed by atoms with Gasteiger partial charge in [-0.05, 0) is 92.4 Å². The van der Waals surface area contributed by atoms with Crippen molar-refractivity contribution in [3.63, 3.8) is 0 Å². The van der Waals surface area contributed by atoms with Gasteiger partial charge in [-0.3, -0.25) is 4.90 Å². The van der Waals surface area contributed by atoms with E-state index in [4.69, 9.17) is 9.47 Å². The van der Waals surface area contributed by atoms with Crippen molar-refractivity contribution in [1.82, 2.24) is 4.90 Å². The van der Waals surface area contributed by atoms with E-state index in [1.54, 1.807) is 24.3 Å². The molecule has 1 saturated heterocycles. The lowest BCUT2D eigenvalue weighted by Gasteiger charge is -2.39. The van der Waals surface area contributed by atoms with Crippen LogP contribution in [0.25, 0.3) is 0 Å². The predicted octanol–water partition coefficient (Wildman–Crippen LogP) is 5.98. The quantitative estimate of drug-likeness (QED) is 0.475. The normalized spacial score (nSPS) is 23.2. The number of nitrogens with zero attached hydrogens (tertiary/aromatic N) is 1. The topological polar surface area (TPSA) is 62.2 Å². The molecule has 5 nitrogen and oxygen atoms in total. The van der Waals surface area contributed by atoms with Gasteiger partial charge in [-0.15, -0.1) is 0 Å². The van der Waals surface area contributed by atoms with Crippen molar-refractivity contribution in [2.45, 2.75) is 50.7 Å². The van der Waals surface area contributed by atoms with Crippen LogP contribution in [0.3, 0.4) is 0 Å². The maximum Gasteiger partial charge on any atom is 0.131 e. The summed E-state index contributed by atoms with van der Waals surface area (Å²) in [5, 5.41) is 19.9. The molecule has 0 amide bonds. The number of rotatable bonds is 6. The van der Waals surface area contributed by atoms with E-state index in [0.717, 1.165) is 28.2 Å². The van der Waals surface area contributed by atoms with Gasteiger partial charge < -0.3 is 19.7 Å². The Hall–Kier alpha value is -3.18. The molecule has 0 spiro atoms. The highest BCUT2D eigenvalue weighted by Crippen LogP contribution is 2.51. The standard InChI is InChI=1S/C29H33NO4/c1-19(30-15-3-4-16-30)18-33-25-12-7-22(8-13-25)29-28(21-5-9-23(31)10-6-21)20(2)26-17-24(32)11-14-27(26)34-29/h5-14,17,19-20,28-29,31-32H,3-4,15-16,18H2,1-2H3/t19-,20+,28+,29-/m0/s1. The lowest BCUT2D eigenvalue weighted by Crippen LogP contribution is -2.34. The van der Waals surface area contributed by atoms with Gasteiger partial charge in [0.2, 0.25) is 0 Å². The summed E-state index contributed by atoms with van der Waals surface area (Å²) in [7, 11) is 0. The van der Waals surface area contributed by atoms with Crippen molar-refractivity contribution in [3.8, 4) is 23.0 Å². The van der Waals surface area contributed by atoms with Gasteiger partial charge >= 0.3 is 0 Å². The Balaban J connectivity index is 1.39. The molecule has 178 valence electrons. The first-order valence-electron chi connectivity index (χ1n) is 12.2. The number of aromatic hydroxyl groups is 2. The molecule has 0 bridgehead atoms. The average Bonchev–Trinajstić information content (AvgIpc) is 3.39. The van der Waals surface area contributed by atoms with E-state index in [1.807, 2.05) is 30.3 Å². The molecule has 34 heavy (non-hydrogen) atoms. The highest BCUT2D eigenvalue weighted by atomic mass is 16.5. The first kappa shape index (κ1) is 22.6. The maximum absolute atomic E-state index is 10.1. The lowest BCUT2D eigenvalue weighted by molar-refractivity contribution is 0.136. The molecule has 2 aliphatic rings. The molecule has 0 radical (unpaired) electrons. The van der Waals surface area contributed by atoms with Crippen LogP contribution in [-0.2, 0) is 0 Å². The highest BCUT2D eigenvalue weighted by Gasteiger charge is 2.38. The molecule has 0 aliphatic carbocycles. The average molecular weight is 460 g/mol. The summed E-state index contributed by atoms with van der Waals surface area (Å²) >= 11 is 0. The zero-order valence-corrected chi connectivity index (χ0v) is 19.9. The second-order valence-electron chi connectivity index (χ2n) is 9.64. The van der Waals surface area contributed by atoms with E-state index in [-0.39, 0.29) is 29.4 Å². The Bertz CT molecular complexity index is 1110. The van der Waals surface area contributed by atoms with E-state index < -0.39 is 0 Å². The number of hydrogen-bond acceptors (Lipinski definition) is 5. The van der Waals surface area contributed by atoms with E-state index in [9.17, 15) is 10.2 Å². The van der Waals surface area contributed by atoms with Crippen LogP contribution in [0.4, 0.5) is 0 Å². The first-order valence-corrected chi connectivity index (χ1v) is 12.2. The number of ether oxygens (including phenoxy) is 2. The number of phenols is 2. The van der Waals surface area contributed by atoms with E-state index in [1.165, 1.54) is 25.9 Å².